The van der Waals surface area contributed by atoms with Gasteiger partial charge in [-0.2, -0.15) is 0 Å². The van der Waals surface area contributed by atoms with Gasteiger partial charge in [-0.25, -0.2) is 38.2 Å². The zero-order chi connectivity index (χ0) is 31.4. The smallest absolute Gasteiger partial charge is 0.421 e. The molecular weight excluding hydrogens is 578 g/mol. The average molecular weight is 611 g/mol. The van der Waals surface area contributed by atoms with Gasteiger partial charge in [0.05, 0.1) is 49.2 Å². The number of cyclic esters (lactones) is 1. The maximum absolute atomic E-state index is 13.7. The summed E-state index contributed by atoms with van der Waals surface area (Å²) in [6.45, 7) is 2.06. The van der Waals surface area contributed by atoms with Gasteiger partial charge < -0.3 is 19.1 Å². The van der Waals surface area contributed by atoms with Crippen molar-refractivity contribution in [2.24, 2.45) is 0 Å². The first-order valence-electron chi connectivity index (χ1n) is 14.1. The Hall–Kier alpha value is -4.88. The fourth-order valence-corrected chi connectivity index (χ4v) is 5.53. The van der Waals surface area contributed by atoms with E-state index in [-0.39, 0.29) is 37.4 Å². The zero-order valence-corrected chi connectivity index (χ0v) is 24.5. The van der Waals surface area contributed by atoms with E-state index in [0.717, 1.165) is 4.90 Å². The number of carbonyl (C=O) groups excluding carboxylic acids is 3. The summed E-state index contributed by atoms with van der Waals surface area (Å²) in [4.78, 5) is 55.4. The fraction of sp³-hybridized carbons (Fsp3) is 0.400. The molecule has 5 rings (SSSR count). The Labute approximate surface area is 252 Å². The predicted molar refractivity (Wildman–Crippen MR) is 155 cm³/mol. The summed E-state index contributed by atoms with van der Waals surface area (Å²) in [5, 5.41) is 0. The third kappa shape index (κ3) is 5.96. The third-order valence-corrected chi connectivity index (χ3v) is 7.50. The van der Waals surface area contributed by atoms with Crippen LogP contribution in [0.3, 0.4) is 0 Å². The summed E-state index contributed by atoms with van der Waals surface area (Å²) in [6, 6.07) is 7.30. The number of carbonyl (C=O) groups is 3. The molecule has 3 amide bonds. The first-order valence-corrected chi connectivity index (χ1v) is 14.1. The van der Waals surface area contributed by atoms with Gasteiger partial charge in [-0.05, 0) is 42.5 Å². The molecule has 2 aromatic heterocycles. The number of benzene rings is 1. The van der Waals surface area contributed by atoms with Crippen LogP contribution in [0.1, 0.15) is 55.1 Å². The van der Waals surface area contributed by atoms with Crippen LogP contribution < -0.4 is 19.4 Å². The molecule has 2 unspecified atom stereocenters. The summed E-state index contributed by atoms with van der Waals surface area (Å²) in [5.41, 5.74) is 2.37. The average Bonchev–Trinajstić information content (AvgIpc) is 3.39. The number of hydrogen-bond donors (Lipinski definition) is 0. The molecule has 232 valence electrons. The number of nitrogens with zero attached hydrogens (tertiary/aromatic N) is 6. The SMILES string of the molecule is CCOC(=O)N1c2ccc(OC)nc2C(N(Cc2cc(CF)cc(CF)c2)c2ncc(N3C(=O)COC3=O)cn2)CC1CC. The lowest BCUT2D eigenvalue weighted by molar-refractivity contribution is -0.117. The molecule has 44 heavy (non-hydrogen) atoms. The Balaban J connectivity index is 1.64. The molecule has 0 bridgehead atoms. The van der Waals surface area contributed by atoms with Crippen LogP contribution in [0.25, 0.3) is 0 Å². The van der Waals surface area contributed by atoms with Gasteiger partial charge in [0.1, 0.15) is 13.3 Å². The van der Waals surface area contributed by atoms with Crippen molar-refractivity contribution in [1.29, 1.82) is 0 Å². The maximum Gasteiger partial charge on any atom is 0.421 e. The number of rotatable bonds is 10. The lowest BCUT2D eigenvalue weighted by atomic mass is 9.92. The van der Waals surface area contributed by atoms with E-state index in [0.29, 0.717) is 46.8 Å². The molecule has 4 heterocycles. The van der Waals surface area contributed by atoms with E-state index in [1.165, 1.54) is 25.6 Å². The van der Waals surface area contributed by atoms with Crippen LogP contribution in [0, 0.1) is 0 Å². The lowest BCUT2D eigenvalue weighted by Crippen LogP contribution is -2.48. The minimum Gasteiger partial charge on any atom is -0.481 e. The van der Waals surface area contributed by atoms with Crippen LogP contribution in [-0.4, -0.2) is 59.4 Å². The van der Waals surface area contributed by atoms with Gasteiger partial charge in [-0.3, -0.25) is 9.69 Å². The summed E-state index contributed by atoms with van der Waals surface area (Å²) in [7, 11) is 1.48. The first-order chi connectivity index (χ1) is 21.3. The highest BCUT2D eigenvalue weighted by Gasteiger charge is 2.41. The van der Waals surface area contributed by atoms with E-state index in [4.69, 9.17) is 19.2 Å². The molecule has 3 aromatic rings. The fourth-order valence-electron chi connectivity index (χ4n) is 5.53. The summed E-state index contributed by atoms with van der Waals surface area (Å²) < 4.78 is 43.1. The van der Waals surface area contributed by atoms with E-state index >= 15 is 0 Å². The highest BCUT2D eigenvalue weighted by Crippen LogP contribution is 2.43. The molecule has 12 nitrogen and oxygen atoms in total. The number of amides is 3. The van der Waals surface area contributed by atoms with Gasteiger partial charge in [0.25, 0.3) is 5.91 Å². The molecule has 1 aromatic carbocycles. The highest BCUT2D eigenvalue weighted by molar-refractivity contribution is 6.16. The van der Waals surface area contributed by atoms with Gasteiger partial charge in [0.15, 0.2) is 6.61 Å². The Morgan fingerprint density at radius 1 is 1.07 bits per heavy atom. The van der Waals surface area contributed by atoms with Crippen molar-refractivity contribution in [3.8, 4) is 5.88 Å². The molecule has 2 aliphatic heterocycles. The monoisotopic (exact) mass is 610 g/mol. The molecular formula is C30H32F2N6O6. The lowest BCUT2D eigenvalue weighted by Gasteiger charge is -2.43. The molecule has 0 radical (unpaired) electrons. The van der Waals surface area contributed by atoms with E-state index in [2.05, 4.69) is 9.97 Å². The minimum absolute atomic E-state index is 0.115. The molecule has 0 saturated carbocycles. The Morgan fingerprint density at radius 2 is 1.75 bits per heavy atom. The normalized spacial score (nSPS) is 17.8. The quantitative estimate of drug-likeness (QED) is 0.302. The van der Waals surface area contributed by atoms with Crippen LogP contribution in [0.4, 0.5) is 35.7 Å². The number of fused-ring (bicyclic) bond motifs is 1. The summed E-state index contributed by atoms with van der Waals surface area (Å²) in [6.07, 6.45) is 2.28. The second-order valence-electron chi connectivity index (χ2n) is 10.2. The van der Waals surface area contributed by atoms with E-state index in [9.17, 15) is 23.2 Å². The first kappa shape index (κ1) is 30.6. The number of anilines is 3. The zero-order valence-electron chi connectivity index (χ0n) is 24.5. The Bertz CT molecular complexity index is 1500. The van der Waals surface area contributed by atoms with Crippen LogP contribution in [0.5, 0.6) is 5.88 Å². The van der Waals surface area contributed by atoms with Crippen LogP contribution in [0.2, 0.25) is 0 Å². The van der Waals surface area contributed by atoms with Crippen LogP contribution >= 0.6 is 0 Å². The number of halogens is 2. The Morgan fingerprint density at radius 3 is 2.32 bits per heavy atom. The molecule has 0 N–H and O–H groups in total. The van der Waals surface area contributed by atoms with Gasteiger partial charge in [-0.15, -0.1) is 0 Å². The van der Waals surface area contributed by atoms with Crippen molar-refractivity contribution in [2.45, 2.75) is 58.7 Å². The van der Waals surface area contributed by atoms with E-state index in [1.807, 2.05) is 11.8 Å². The van der Waals surface area contributed by atoms with Crippen molar-refractivity contribution in [1.82, 2.24) is 15.0 Å². The molecule has 1 saturated heterocycles. The second kappa shape index (κ2) is 13.2. The van der Waals surface area contributed by atoms with Gasteiger partial charge in [-0.1, -0.05) is 25.1 Å². The largest absolute Gasteiger partial charge is 0.481 e. The number of hydrogen-bond acceptors (Lipinski definition) is 10. The van der Waals surface area contributed by atoms with E-state index in [1.54, 1.807) is 36.1 Å². The second-order valence-corrected chi connectivity index (χ2v) is 10.2. The minimum atomic E-state index is -0.827. The van der Waals surface area contributed by atoms with Gasteiger partial charge >= 0.3 is 12.2 Å². The van der Waals surface area contributed by atoms with Gasteiger partial charge in [0, 0.05) is 18.7 Å². The van der Waals surface area contributed by atoms with Gasteiger partial charge in [0.2, 0.25) is 11.8 Å². The molecule has 0 aliphatic carbocycles. The number of alkyl halides is 2. The number of imide groups is 1. The van der Waals surface area contributed by atoms with Crippen molar-refractivity contribution >= 4 is 35.4 Å². The standard InChI is InChI=1S/C30H32F2N6O6/c1-4-21-11-24(27-23(6-7-25(35-27)42-3)37(21)29(40)43-5-2)36(16-20-9-18(12-31)8-19(10-20)13-32)28-33-14-22(15-34-28)38-26(39)17-44-30(38)41/h6-10,14-15,21,24H,4-5,11-13,16-17H2,1-3H3. The third-order valence-electron chi connectivity index (χ3n) is 7.50. The summed E-state index contributed by atoms with van der Waals surface area (Å²) >= 11 is 0. The van der Waals surface area contributed by atoms with Crippen molar-refractivity contribution in [2.75, 3.05) is 35.0 Å². The van der Waals surface area contributed by atoms with Crippen molar-refractivity contribution in [3.63, 3.8) is 0 Å². The van der Waals surface area contributed by atoms with Crippen molar-refractivity contribution in [3.05, 3.63) is 65.1 Å². The topological polar surface area (TPSA) is 127 Å². The van der Waals surface area contributed by atoms with E-state index < -0.39 is 37.5 Å². The maximum atomic E-state index is 13.7. The molecule has 2 atom stereocenters. The molecule has 2 aliphatic rings. The van der Waals surface area contributed by atoms with Crippen LogP contribution in [0.15, 0.2) is 42.7 Å². The number of aromatic nitrogens is 3. The number of pyridine rings is 1. The molecule has 1 fully saturated rings. The molecule has 14 heteroatoms. The number of ether oxygens (including phenoxy) is 3. The highest BCUT2D eigenvalue weighted by atomic mass is 19.1. The predicted octanol–water partition coefficient (Wildman–Crippen LogP) is 5.20. The number of methoxy groups -OCH3 is 1. The van der Waals surface area contributed by atoms with Crippen molar-refractivity contribution < 1.29 is 37.4 Å². The van der Waals surface area contributed by atoms with Crippen LogP contribution in [-0.2, 0) is 34.2 Å². The summed E-state index contributed by atoms with van der Waals surface area (Å²) in [5.74, 6) is -0.0394. The molecule has 0 spiro atoms. The Kier molecular flexibility index (Phi) is 9.16.